The highest BCUT2D eigenvalue weighted by molar-refractivity contribution is 7.89. The van der Waals surface area contributed by atoms with Crippen LogP contribution in [0.2, 0.25) is 0 Å². The molecule has 110 valence electrons. The van der Waals surface area contributed by atoms with Crippen LogP contribution in [0.3, 0.4) is 0 Å². The summed E-state index contributed by atoms with van der Waals surface area (Å²) in [6, 6.07) is 5.87. The van der Waals surface area contributed by atoms with Gasteiger partial charge >= 0.3 is 6.18 Å². The van der Waals surface area contributed by atoms with Crippen molar-refractivity contribution in [3.63, 3.8) is 0 Å². The molecule has 19 heavy (non-hydrogen) atoms. The number of sulfonamides is 1. The van der Waals surface area contributed by atoms with Crippen LogP contribution < -0.4 is 4.72 Å². The zero-order chi connectivity index (χ0) is 15.1. The van der Waals surface area contributed by atoms with E-state index in [9.17, 15) is 21.6 Å². The summed E-state index contributed by atoms with van der Waals surface area (Å²) in [6.07, 6.45) is -5.55. The van der Waals surface area contributed by atoms with Crippen molar-refractivity contribution >= 4 is 10.0 Å². The summed E-state index contributed by atoms with van der Waals surface area (Å²) in [7, 11) is -3.85. The highest BCUT2D eigenvalue weighted by Crippen LogP contribution is 2.19. The molecule has 0 saturated heterocycles. The molecule has 0 radical (unpaired) electrons. The number of nitrogens with one attached hydrogen (secondary N) is 1. The van der Waals surface area contributed by atoms with E-state index in [-0.39, 0.29) is 4.90 Å². The molecule has 0 aliphatic rings. The summed E-state index contributed by atoms with van der Waals surface area (Å²) in [5, 5.41) is 0. The van der Waals surface area contributed by atoms with Gasteiger partial charge in [-0.3, -0.25) is 0 Å². The summed E-state index contributed by atoms with van der Waals surface area (Å²) in [5.41, 5.74) is 0.874. The van der Waals surface area contributed by atoms with Crippen molar-refractivity contribution < 1.29 is 21.6 Å². The van der Waals surface area contributed by atoms with E-state index in [0.29, 0.717) is 0 Å². The molecule has 0 amide bonds. The van der Waals surface area contributed by atoms with E-state index < -0.39 is 29.2 Å². The fourth-order valence-corrected chi connectivity index (χ4v) is 2.16. The Morgan fingerprint density at radius 1 is 1.11 bits per heavy atom. The van der Waals surface area contributed by atoms with Crippen molar-refractivity contribution in [2.45, 2.75) is 38.3 Å². The lowest BCUT2D eigenvalue weighted by Gasteiger charge is -2.08. The molecule has 0 bridgehead atoms. The summed E-state index contributed by atoms with van der Waals surface area (Å²) in [6.45, 7) is 5.13. The lowest BCUT2D eigenvalue weighted by molar-refractivity contribution is -0.132. The number of alkyl halides is 3. The molecule has 0 atom stereocenters. The molecule has 1 rings (SSSR count). The quantitative estimate of drug-likeness (QED) is 0.927. The Balaban J connectivity index is 0.00000154. The second-order valence-electron chi connectivity index (χ2n) is 3.58. The highest BCUT2D eigenvalue weighted by Gasteiger charge is 2.27. The predicted molar refractivity (Wildman–Crippen MR) is 68.4 cm³/mol. The van der Waals surface area contributed by atoms with Gasteiger partial charge in [0.25, 0.3) is 0 Å². The van der Waals surface area contributed by atoms with Gasteiger partial charge in [-0.2, -0.15) is 13.2 Å². The van der Waals surface area contributed by atoms with Gasteiger partial charge < -0.3 is 0 Å². The molecule has 0 heterocycles. The standard InChI is InChI=1S/C10H12F3NO2S.C2H6/c1-8-2-4-9(5-3-8)17(15,16)14-7-6-10(11,12)13;1-2/h2-5,14H,6-7H2,1H3;1-2H3. The fraction of sp³-hybridized carbons (Fsp3) is 0.500. The van der Waals surface area contributed by atoms with Crippen molar-refractivity contribution in [3.05, 3.63) is 29.8 Å². The monoisotopic (exact) mass is 297 g/mol. The topological polar surface area (TPSA) is 46.2 Å². The number of rotatable bonds is 4. The molecule has 0 saturated carbocycles. The molecule has 0 aliphatic carbocycles. The van der Waals surface area contributed by atoms with E-state index in [1.807, 2.05) is 18.6 Å². The maximum Gasteiger partial charge on any atom is 0.390 e. The predicted octanol–water partition coefficient (Wildman–Crippen LogP) is 3.25. The Kier molecular flexibility index (Phi) is 7.07. The third-order valence-corrected chi connectivity index (χ3v) is 3.51. The lowest BCUT2D eigenvalue weighted by Crippen LogP contribution is -2.28. The summed E-state index contributed by atoms with van der Waals surface area (Å²) < 4.78 is 60.6. The molecule has 3 nitrogen and oxygen atoms in total. The Labute approximate surface area is 111 Å². The largest absolute Gasteiger partial charge is 0.390 e. The molecular formula is C12H18F3NO2S. The number of halogens is 3. The molecule has 0 spiro atoms. The average molecular weight is 297 g/mol. The van der Waals surface area contributed by atoms with Crippen molar-refractivity contribution in [1.82, 2.24) is 4.72 Å². The van der Waals surface area contributed by atoms with Crippen LogP contribution in [0.4, 0.5) is 13.2 Å². The molecule has 1 aromatic rings. The highest BCUT2D eigenvalue weighted by atomic mass is 32.2. The van der Waals surface area contributed by atoms with E-state index in [1.165, 1.54) is 12.1 Å². The molecule has 1 N–H and O–H groups in total. The van der Waals surface area contributed by atoms with E-state index in [4.69, 9.17) is 0 Å². The van der Waals surface area contributed by atoms with Crippen molar-refractivity contribution in [1.29, 1.82) is 0 Å². The SMILES string of the molecule is CC.Cc1ccc(S(=O)(=O)NCCC(F)(F)F)cc1. The maximum absolute atomic E-state index is 11.9. The molecule has 0 fully saturated rings. The fourth-order valence-electron chi connectivity index (χ4n) is 1.13. The van der Waals surface area contributed by atoms with Crippen LogP contribution in [0.5, 0.6) is 0 Å². The van der Waals surface area contributed by atoms with Crippen LogP contribution in [-0.2, 0) is 10.0 Å². The zero-order valence-corrected chi connectivity index (χ0v) is 11.9. The zero-order valence-electron chi connectivity index (χ0n) is 11.1. The third-order valence-electron chi connectivity index (χ3n) is 2.03. The van der Waals surface area contributed by atoms with Gasteiger partial charge in [0, 0.05) is 6.54 Å². The molecule has 0 aliphatic heterocycles. The molecular weight excluding hydrogens is 279 g/mol. The summed E-state index contributed by atoms with van der Waals surface area (Å²) in [5.74, 6) is 0. The van der Waals surface area contributed by atoms with Crippen LogP contribution in [0.25, 0.3) is 0 Å². The van der Waals surface area contributed by atoms with Gasteiger partial charge in [-0.25, -0.2) is 13.1 Å². The van der Waals surface area contributed by atoms with Crippen LogP contribution in [0.1, 0.15) is 25.8 Å². The minimum atomic E-state index is -4.37. The number of benzene rings is 1. The second kappa shape index (κ2) is 7.49. The normalized spacial score (nSPS) is 11.7. The van der Waals surface area contributed by atoms with Crippen LogP contribution >= 0.6 is 0 Å². The van der Waals surface area contributed by atoms with Gasteiger partial charge in [-0.1, -0.05) is 31.5 Å². The first-order valence-corrected chi connectivity index (χ1v) is 7.32. The number of hydrogen-bond donors (Lipinski definition) is 1. The van der Waals surface area contributed by atoms with Gasteiger partial charge in [-0.15, -0.1) is 0 Å². The van der Waals surface area contributed by atoms with E-state index in [1.54, 1.807) is 19.1 Å². The smallest absolute Gasteiger partial charge is 0.211 e. The first-order valence-electron chi connectivity index (χ1n) is 5.84. The van der Waals surface area contributed by atoms with E-state index in [2.05, 4.69) is 0 Å². The second-order valence-corrected chi connectivity index (χ2v) is 5.34. The summed E-state index contributed by atoms with van der Waals surface area (Å²) in [4.78, 5) is -0.0368. The Morgan fingerprint density at radius 2 is 1.58 bits per heavy atom. The van der Waals surface area contributed by atoms with Crippen LogP contribution in [-0.4, -0.2) is 21.1 Å². The molecule has 0 unspecified atom stereocenters. The number of aryl methyl sites for hydroxylation is 1. The Bertz CT molecular complexity index is 467. The van der Waals surface area contributed by atoms with Gasteiger partial charge in [-0.05, 0) is 19.1 Å². The van der Waals surface area contributed by atoms with Gasteiger partial charge in [0.2, 0.25) is 10.0 Å². The number of hydrogen-bond acceptors (Lipinski definition) is 2. The van der Waals surface area contributed by atoms with E-state index in [0.717, 1.165) is 5.56 Å². The first kappa shape index (κ1) is 17.9. The van der Waals surface area contributed by atoms with Crippen molar-refractivity contribution in [3.8, 4) is 0 Å². The maximum atomic E-state index is 11.9. The van der Waals surface area contributed by atoms with Crippen LogP contribution in [0.15, 0.2) is 29.2 Å². The van der Waals surface area contributed by atoms with Crippen LogP contribution in [0, 0.1) is 6.92 Å². The molecule has 1 aromatic carbocycles. The lowest BCUT2D eigenvalue weighted by atomic mass is 10.2. The molecule has 7 heteroatoms. The summed E-state index contributed by atoms with van der Waals surface area (Å²) >= 11 is 0. The van der Waals surface area contributed by atoms with Gasteiger partial charge in [0.05, 0.1) is 11.3 Å². The Morgan fingerprint density at radius 3 is 2.00 bits per heavy atom. The first-order chi connectivity index (χ1) is 8.71. The van der Waals surface area contributed by atoms with Crippen molar-refractivity contribution in [2.24, 2.45) is 0 Å². The molecule has 0 aromatic heterocycles. The Hall–Kier alpha value is -1.08. The van der Waals surface area contributed by atoms with Crippen molar-refractivity contribution in [2.75, 3.05) is 6.54 Å². The van der Waals surface area contributed by atoms with Gasteiger partial charge in [0.1, 0.15) is 0 Å². The van der Waals surface area contributed by atoms with Gasteiger partial charge in [0.15, 0.2) is 0 Å². The average Bonchev–Trinajstić information content (AvgIpc) is 2.30. The van der Waals surface area contributed by atoms with E-state index >= 15 is 0 Å². The minimum Gasteiger partial charge on any atom is -0.211 e. The third kappa shape index (κ3) is 7.17. The minimum absolute atomic E-state index is 0.0368.